The number of nitrogens with zero attached hydrogens (tertiary/aromatic N) is 1. The summed E-state index contributed by atoms with van der Waals surface area (Å²) in [5.41, 5.74) is 4.26. The van der Waals surface area contributed by atoms with Gasteiger partial charge in [-0.05, 0) is 20.8 Å². The highest BCUT2D eigenvalue weighted by molar-refractivity contribution is 5.76. The quantitative estimate of drug-likeness (QED) is 0.793. The van der Waals surface area contributed by atoms with Crippen LogP contribution in [0.1, 0.15) is 27.2 Å². The number of hydrogen-bond acceptors (Lipinski definition) is 4. The molecule has 0 spiro atoms. The number of primary amides is 1. The van der Waals surface area contributed by atoms with Crippen molar-refractivity contribution in [1.29, 1.82) is 0 Å². The van der Waals surface area contributed by atoms with Crippen molar-refractivity contribution in [2.45, 2.75) is 39.0 Å². The molecule has 1 fully saturated rings. The highest BCUT2D eigenvalue weighted by Gasteiger charge is 2.35. The highest BCUT2D eigenvalue weighted by atomic mass is 19.4. The topological polar surface area (TPSA) is 81.9 Å². The molecule has 1 aliphatic heterocycles. The molecule has 1 saturated heterocycles. The van der Waals surface area contributed by atoms with Gasteiger partial charge < -0.3 is 10.5 Å². The number of nitrogens with two attached hydrogens (primary N) is 1. The van der Waals surface area contributed by atoms with E-state index in [2.05, 4.69) is 9.57 Å². The third-order valence-electron chi connectivity index (χ3n) is 1.57. The average molecular weight is 286 g/mol. The number of carbonyl (C=O) groups is 2. The molecule has 6 nitrogen and oxygen atoms in total. The number of alkyl halides is 3. The smallest absolute Gasteiger partial charge is 0.408 e. The summed E-state index contributed by atoms with van der Waals surface area (Å²) >= 11 is 0. The Kier molecular flexibility index (Phi) is 6.07. The molecule has 2 N–H and O–H groups in total. The van der Waals surface area contributed by atoms with Gasteiger partial charge in [0.15, 0.2) is 0 Å². The van der Waals surface area contributed by atoms with Crippen LogP contribution < -0.4 is 5.73 Å². The van der Waals surface area contributed by atoms with Crippen molar-refractivity contribution in [3.05, 3.63) is 0 Å². The summed E-state index contributed by atoms with van der Waals surface area (Å²) in [6.45, 7) is 4.02. The van der Waals surface area contributed by atoms with Crippen LogP contribution in [0.25, 0.3) is 0 Å². The van der Waals surface area contributed by atoms with E-state index in [9.17, 15) is 22.8 Å². The fourth-order valence-electron chi connectivity index (χ4n) is 1.04. The summed E-state index contributed by atoms with van der Waals surface area (Å²) in [6.07, 6.45) is -5.06. The monoisotopic (exact) mass is 286 g/mol. The molecular formula is C10H17F3N2O4. The number of rotatable bonds is 1. The third kappa shape index (κ3) is 10.1. The second-order valence-electron chi connectivity index (χ2n) is 4.66. The zero-order valence-corrected chi connectivity index (χ0v) is 10.9. The molecule has 0 atom stereocenters. The Bertz CT molecular complexity index is 326. The van der Waals surface area contributed by atoms with Gasteiger partial charge in [-0.3, -0.25) is 9.63 Å². The van der Waals surface area contributed by atoms with E-state index in [4.69, 9.17) is 5.73 Å². The number of halogens is 3. The lowest BCUT2D eigenvalue weighted by molar-refractivity contribution is -0.214. The van der Waals surface area contributed by atoms with Gasteiger partial charge in [-0.15, -0.1) is 0 Å². The van der Waals surface area contributed by atoms with Crippen LogP contribution in [-0.4, -0.2) is 42.0 Å². The van der Waals surface area contributed by atoms with Gasteiger partial charge in [-0.2, -0.15) is 13.2 Å². The summed E-state index contributed by atoms with van der Waals surface area (Å²) in [5.74, 6) is -0.609. The van der Waals surface area contributed by atoms with E-state index in [-0.39, 0.29) is 13.0 Å². The van der Waals surface area contributed by atoms with Crippen LogP contribution in [0.2, 0.25) is 0 Å². The van der Waals surface area contributed by atoms with Gasteiger partial charge in [-0.25, -0.2) is 9.86 Å². The predicted molar refractivity (Wildman–Crippen MR) is 58.8 cm³/mol. The summed E-state index contributed by atoms with van der Waals surface area (Å²) in [7, 11) is 0. The van der Waals surface area contributed by atoms with Crippen LogP contribution in [0.3, 0.4) is 0 Å². The Labute approximate surface area is 108 Å². The first-order valence-corrected chi connectivity index (χ1v) is 5.39. The molecule has 9 heteroatoms. The van der Waals surface area contributed by atoms with Gasteiger partial charge in [0, 0.05) is 0 Å². The molecule has 0 aromatic heterocycles. The number of ether oxygens (including phenoxy) is 1. The standard InChI is InChI=1S/C5H6F3NO2.C5H11NO2/c6-5(7,8)3-9-4(10)1-2-11-9;1-5(2,3)8-4(6)7/h1-3H2;1-3H3,(H2,6,7). The van der Waals surface area contributed by atoms with E-state index < -0.39 is 30.3 Å². The van der Waals surface area contributed by atoms with Gasteiger partial charge in [0.25, 0.3) is 0 Å². The molecule has 1 heterocycles. The van der Waals surface area contributed by atoms with Crippen molar-refractivity contribution in [1.82, 2.24) is 5.06 Å². The third-order valence-corrected chi connectivity index (χ3v) is 1.57. The molecule has 0 aromatic rings. The zero-order valence-electron chi connectivity index (χ0n) is 10.9. The Morgan fingerprint density at radius 2 is 1.95 bits per heavy atom. The average Bonchev–Trinajstić information content (AvgIpc) is 2.45. The zero-order chi connectivity index (χ0) is 15.3. The highest BCUT2D eigenvalue weighted by Crippen LogP contribution is 2.19. The molecule has 1 aliphatic rings. The SMILES string of the molecule is CC(C)(C)OC(N)=O.O=C1CCON1CC(F)(F)F. The van der Waals surface area contributed by atoms with Gasteiger partial charge >= 0.3 is 12.3 Å². The van der Waals surface area contributed by atoms with Gasteiger partial charge in [0.05, 0.1) is 13.0 Å². The molecule has 0 bridgehead atoms. The van der Waals surface area contributed by atoms with E-state index >= 15 is 0 Å². The first-order valence-electron chi connectivity index (χ1n) is 5.39. The van der Waals surface area contributed by atoms with Crippen molar-refractivity contribution in [3.63, 3.8) is 0 Å². The normalized spacial score (nSPS) is 15.9. The molecule has 19 heavy (non-hydrogen) atoms. The molecule has 112 valence electrons. The van der Waals surface area contributed by atoms with Crippen LogP contribution in [0, 0.1) is 0 Å². The summed E-state index contributed by atoms with van der Waals surface area (Å²) in [5, 5.41) is 0.347. The molecule has 0 radical (unpaired) electrons. The Morgan fingerprint density at radius 3 is 2.16 bits per heavy atom. The second kappa shape index (κ2) is 6.60. The maximum Gasteiger partial charge on any atom is 0.408 e. The van der Waals surface area contributed by atoms with Gasteiger partial charge in [0.2, 0.25) is 5.91 Å². The minimum atomic E-state index is -4.38. The molecule has 0 unspecified atom stereocenters. The number of amides is 2. The summed E-state index contributed by atoms with van der Waals surface area (Å²) in [4.78, 5) is 25.0. The maximum absolute atomic E-state index is 11.6. The lowest BCUT2D eigenvalue weighted by Crippen LogP contribution is -2.33. The van der Waals surface area contributed by atoms with Crippen LogP contribution in [0.15, 0.2) is 0 Å². The molecule has 0 aliphatic carbocycles. The lowest BCUT2D eigenvalue weighted by atomic mass is 10.2. The van der Waals surface area contributed by atoms with Crippen molar-refractivity contribution in [2.24, 2.45) is 5.73 Å². The Hall–Kier alpha value is -1.51. The van der Waals surface area contributed by atoms with E-state index in [1.54, 1.807) is 20.8 Å². The number of carbonyl (C=O) groups excluding carboxylic acids is 2. The number of hydrogen-bond donors (Lipinski definition) is 1. The molecule has 2 amide bonds. The first kappa shape index (κ1) is 17.5. The van der Waals surface area contributed by atoms with E-state index in [0.717, 1.165) is 0 Å². The molecule has 0 aromatic carbocycles. The first-order chi connectivity index (χ1) is 8.41. The van der Waals surface area contributed by atoms with Gasteiger partial charge in [-0.1, -0.05) is 0 Å². The maximum atomic E-state index is 11.6. The summed E-state index contributed by atoms with van der Waals surface area (Å²) < 4.78 is 39.4. The minimum absolute atomic E-state index is 0.0378. The fraction of sp³-hybridized carbons (Fsp3) is 0.800. The van der Waals surface area contributed by atoms with Crippen LogP contribution >= 0.6 is 0 Å². The second-order valence-corrected chi connectivity index (χ2v) is 4.66. The van der Waals surface area contributed by atoms with Crippen LogP contribution in [0.5, 0.6) is 0 Å². The van der Waals surface area contributed by atoms with Crippen LogP contribution in [-0.2, 0) is 14.4 Å². The van der Waals surface area contributed by atoms with Crippen molar-refractivity contribution in [2.75, 3.05) is 13.2 Å². The fourth-order valence-corrected chi connectivity index (χ4v) is 1.04. The van der Waals surface area contributed by atoms with Crippen molar-refractivity contribution in [3.8, 4) is 0 Å². The van der Waals surface area contributed by atoms with E-state index in [1.165, 1.54) is 0 Å². The summed E-state index contributed by atoms with van der Waals surface area (Å²) in [6, 6.07) is 0. The van der Waals surface area contributed by atoms with Gasteiger partial charge in [0.1, 0.15) is 12.1 Å². The van der Waals surface area contributed by atoms with Crippen LogP contribution in [0.4, 0.5) is 18.0 Å². The minimum Gasteiger partial charge on any atom is -0.444 e. The van der Waals surface area contributed by atoms with E-state index in [1.807, 2.05) is 0 Å². The number of hydroxylamine groups is 2. The lowest BCUT2D eigenvalue weighted by Gasteiger charge is -2.16. The molecule has 1 rings (SSSR count). The van der Waals surface area contributed by atoms with Crippen molar-refractivity contribution >= 4 is 12.0 Å². The predicted octanol–water partition coefficient (Wildman–Crippen LogP) is 1.59. The molecule has 0 saturated carbocycles. The van der Waals surface area contributed by atoms with Crippen molar-refractivity contribution < 1.29 is 32.3 Å². The van der Waals surface area contributed by atoms with E-state index in [0.29, 0.717) is 5.06 Å². The Balaban J connectivity index is 0.000000362. The molecular weight excluding hydrogens is 269 g/mol. The Morgan fingerprint density at radius 1 is 1.42 bits per heavy atom. The largest absolute Gasteiger partial charge is 0.444 e.